The van der Waals surface area contributed by atoms with Crippen molar-refractivity contribution in [1.29, 1.82) is 0 Å². The first-order valence-corrected chi connectivity index (χ1v) is 7.37. The molecule has 1 atom stereocenters. The number of aliphatic hydroxyl groups is 1. The van der Waals surface area contributed by atoms with Gasteiger partial charge in [-0.15, -0.1) is 0 Å². The molecule has 0 aromatic heterocycles. The Morgan fingerprint density at radius 2 is 2.15 bits per heavy atom. The van der Waals surface area contributed by atoms with E-state index in [0.717, 1.165) is 0 Å². The Morgan fingerprint density at radius 1 is 1.50 bits per heavy atom. The Kier molecular flexibility index (Phi) is 5.75. The third kappa shape index (κ3) is 4.07. The Hall–Kier alpha value is -1.35. The maximum absolute atomic E-state index is 12.1. The number of carboxylic acids is 1. The van der Waals surface area contributed by atoms with Crippen LogP contribution in [-0.4, -0.2) is 44.4 Å². The molecule has 0 aliphatic carbocycles. The number of hydrogen-bond donors (Lipinski definition) is 3. The van der Waals surface area contributed by atoms with E-state index in [1.165, 1.54) is 25.3 Å². The van der Waals surface area contributed by atoms with Gasteiger partial charge in [0, 0.05) is 17.7 Å². The molecule has 1 unspecified atom stereocenters. The van der Waals surface area contributed by atoms with Crippen molar-refractivity contribution in [2.75, 3.05) is 13.7 Å². The van der Waals surface area contributed by atoms with Gasteiger partial charge in [-0.2, -0.15) is 4.72 Å². The predicted octanol–water partition coefficient (Wildman–Crippen LogP) is 0.463. The molecular weight excluding hydrogens is 310 g/mol. The van der Waals surface area contributed by atoms with E-state index in [4.69, 9.17) is 26.6 Å². The third-order valence-corrected chi connectivity index (χ3v) is 4.17. The SMILES string of the molecule is COc1cc(Cl)ccc1S(=O)(=O)NC(CCO)C(=O)O. The van der Waals surface area contributed by atoms with Crippen molar-refractivity contribution in [3.05, 3.63) is 23.2 Å². The monoisotopic (exact) mass is 323 g/mol. The number of ether oxygens (including phenoxy) is 1. The summed E-state index contributed by atoms with van der Waals surface area (Å²) in [5, 5.41) is 17.9. The molecule has 0 saturated heterocycles. The first-order chi connectivity index (χ1) is 9.31. The van der Waals surface area contributed by atoms with Crippen molar-refractivity contribution in [2.45, 2.75) is 17.4 Å². The molecule has 20 heavy (non-hydrogen) atoms. The lowest BCUT2D eigenvalue weighted by atomic mass is 10.2. The van der Waals surface area contributed by atoms with Gasteiger partial charge in [0.25, 0.3) is 0 Å². The molecule has 1 aromatic carbocycles. The Bertz CT molecular complexity index is 589. The van der Waals surface area contributed by atoms with E-state index in [-0.39, 0.29) is 22.1 Å². The van der Waals surface area contributed by atoms with Crippen molar-refractivity contribution < 1.29 is 28.2 Å². The Balaban J connectivity index is 3.13. The highest BCUT2D eigenvalue weighted by molar-refractivity contribution is 7.89. The second-order valence-corrected chi connectivity index (χ2v) is 5.94. The molecule has 0 fully saturated rings. The van der Waals surface area contributed by atoms with E-state index in [2.05, 4.69) is 0 Å². The molecule has 3 N–H and O–H groups in total. The molecule has 0 spiro atoms. The molecule has 1 rings (SSSR count). The highest BCUT2D eigenvalue weighted by atomic mass is 35.5. The van der Waals surface area contributed by atoms with E-state index in [1.54, 1.807) is 0 Å². The standard InChI is InChI=1S/C11H14ClNO6S/c1-19-9-6-7(12)2-3-10(9)20(17,18)13-8(4-5-14)11(15)16/h2-3,6,8,13-14H,4-5H2,1H3,(H,15,16). The van der Waals surface area contributed by atoms with E-state index in [0.29, 0.717) is 0 Å². The maximum Gasteiger partial charge on any atom is 0.321 e. The minimum atomic E-state index is -4.11. The van der Waals surface area contributed by atoms with Crippen LogP contribution < -0.4 is 9.46 Å². The van der Waals surface area contributed by atoms with Gasteiger partial charge >= 0.3 is 5.97 Å². The molecular formula is C11H14ClNO6S. The summed E-state index contributed by atoms with van der Waals surface area (Å²) >= 11 is 5.73. The second kappa shape index (κ2) is 6.89. The van der Waals surface area contributed by atoms with Crippen LogP contribution in [0.5, 0.6) is 5.75 Å². The lowest BCUT2D eigenvalue weighted by Crippen LogP contribution is -2.41. The summed E-state index contributed by atoms with van der Waals surface area (Å²) in [7, 11) is -2.84. The van der Waals surface area contributed by atoms with Gasteiger partial charge < -0.3 is 14.9 Å². The van der Waals surface area contributed by atoms with Gasteiger partial charge in [-0.05, 0) is 18.6 Å². The smallest absolute Gasteiger partial charge is 0.321 e. The number of sulfonamides is 1. The highest BCUT2D eigenvalue weighted by Gasteiger charge is 2.27. The fourth-order valence-corrected chi connectivity index (χ4v) is 3.01. The summed E-state index contributed by atoms with van der Waals surface area (Å²) in [4.78, 5) is 10.7. The number of hydrogen-bond acceptors (Lipinski definition) is 5. The van der Waals surface area contributed by atoms with Crippen molar-refractivity contribution in [1.82, 2.24) is 4.72 Å². The molecule has 0 aliphatic rings. The van der Waals surface area contributed by atoms with Crippen LogP contribution in [-0.2, 0) is 14.8 Å². The lowest BCUT2D eigenvalue weighted by molar-refractivity contribution is -0.139. The molecule has 0 heterocycles. The fourth-order valence-electron chi connectivity index (χ4n) is 1.48. The van der Waals surface area contributed by atoms with Gasteiger partial charge in [0.1, 0.15) is 16.7 Å². The molecule has 9 heteroatoms. The molecule has 112 valence electrons. The summed E-state index contributed by atoms with van der Waals surface area (Å²) < 4.78 is 31.2. The molecule has 0 saturated carbocycles. The third-order valence-electron chi connectivity index (χ3n) is 2.43. The number of aliphatic hydroxyl groups excluding tert-OH is 1. The zero-order valence-corrected chi connectivity index (χ0v) is 12.1. The first kappa shape index (κ1) is 16.7. The molecule has 0 radical (unpaired) electrons. The number of carbonyl (C=O) groups is 1. The minimum absolute atomic E-state index is 0.00172. The topological polar surface area (TPSA) is 113 Å². The van der Waals surface area contributed by atoms with Crippen molar-refractivity contribution in [2.24, 2.45) is 0 Å². The molecule has 0 amide bonds. The van der Waals surface area contributed by atoms with E-state index >= 15 is 0 Å². The minimum Gasteiger partial charge on any atom is -0.495 e. The van der Waals surface area contributed by atoms with Gasteiger partial charge in [0.15, 0.2) is 0 Å². The summed E-state index contributed by atoms with van der Waals surface area (Å²) in [5.74, 6) is -1.38. The quantitative estimate of drug-likeness (QED) is 0.672. The molecule has 1 aromatic rings. The van der Waals surface area contributed by atoms with Crippen LogP contribution in [0.1, 0.15) is 6.42 Å². The zero-order valence-electron chi connectivity index (χ0n) is 10.5. The van der Waals surface area contributed by atoms with E-state index in [1.807, 2.05) is 4.72 Å². The van der Waals surface area contributed by atoms with Gasteiger partial charge in [0.05, 0.1) is 7.11 Å². The normalized spacial score (nSPS) is 12.9. The van der Waals surface area contributed by atoms with E-state index in [9.17, 15) is 13.2 Å². The van der Waals surface area contributed by atoms with Crippen LogP contribution in [0.2, 0.25) is 5.02 Å². The molecule has 0 aliphatic heterocycles. The van der Waals surface area contributed by atoms with Gasteiger partial charge in [-0.3, -0.25) is 4.79 Å². The van der Waals surface area contributed by atoms with E-state index < -0.39 is 28.6 Å². The van der Waals surface area contributed by atoms with Crippen LogP contribution in [0.4, 0.5) is 0 Å². The van der Waals surface area contributed by atoms with Crippen molar-refractivity contribution in [3.63, 3.8) is 0 Å². The second-order valence-electron chi connectivity index (χ2n) is 3.82. The summed E-state index contributed by atoms with van der Waals surface area (Å²) in [6.07, 6.45) is -0.246. The average molecular weight is 324 g/mol. The number of nitrogens with one attached hydrogen (secondary N) is 1. The average Bonchev–Trinajstić information content (AvgIpc) is 2.37. The number of methoxy groups -OCH3 is 1. The van der Waals surface area contributed by atoms with Gasteiger partial charge in [0.2, 0.25) is 10.0 Å². The fraction of sp³-hybridized carbons (Fsp3) is 0.364. The summed E-state index contributed by atoms with van der Waals surface area (Å²) in [5.41, 5.74) is 0. The van der Waals surface area contributed by atoms with Crippen LogP contribution in [0.25, 0.3) is 0 Å². The first-order valence-electron chi connectivity index (χ1n) is 5.51. The number of aliphatic carboxylic acids is 1. The van der Waals surface area contributed by atoms with Crippen molar-refractivity contribution >= 4 is 27.6 Å². The molecule has 0 bridgehead atoms. The van der Waals surface area contributed by atoms with Gasteiger partial charge in [-0.1, -0.05) is 11.6 Å². The molecule has 7 nitrogen and oxygen atoms in total. The van der Waals surface area contributed by atoms with Crippen LogP contribution in [0.15, 0.2) is 23.1 Å². The van der Waals surface area contributed by atoms with Crippen molar-refractivity contribution in [3.8, 4) is 5.75 Å². The zero-order chi connectivity index (χ0) is 15.3. The van der Waals surface area contributed by atoms with Crippen LogP contribution >= 0.6 is 11.6 Å². The Morgan fingerprint density at radius 3 is 2.65 bits per heavy atom. The summed E-state index contributed by atoms with van der Waals surface area (Å²) in [6.45, 7) is -0.461. The van der Waals surface area contributed by atoms with Gasteiger partial charge in [-0.25, -0.2) is 8.42 Å². The maximum atomic E-state index is 12.1. The highest BCUT2D eigenvalue weighted by Crippen LogP contribution is 2.27. The summed E-state index contributed by atoms with van der Waals surface area (Å²) in [6, 6.07) is 2.44. The largest absolute Gasteiger partial charge is 0.495 e. The predicted molar refractivity (Wildman–Crippen MR) is 71.5 cm³/mol. The van der Waals surface area contributed by atoms with Crippen LogP contribution in [0, 0.1) is 0 Å². The lowest BCUT2D eigenvalue weighted by Gasteiger charge is -2.15. The number of rotatable bonds is 7. The Labute approximate surface area is 121 Å². The number of halogens is 1. The van der Waals surface area contributed by atoms with Crippen LogP contribution in [0.3, 0.4) is 0 Å². The number of carboxylic acid groups (broad SMARTS) is 1. The number of benzene rings is 1.